The number of rotatable bonds is 2. The SMILES string of the molecule is Cc1cc(C(=O)c2c(F)ccc(C)c2F)ccc1N. The van der Waals surface area contributed by atoms with E-state index in [0.717, 1.165) is 6.07 Å². The van der Waals surface area contributed by atoms with Crippen LogP contribution < -0.4 is 5.73 Å². The summed E-state index contributed by atoms with van der Waals surface area (Å²) in [5.74, 6) is -2.36. The van der Waals surface area contributed by atoms with Crippen molar-refractivity contribution in [2.75, 3.05) is 5.73 Å². The van der Waals surface area contributed by atoms with Gasteiger partial charge in [0.2, 0.25) is 0 Å². The third kappa shape index (κ3) is 2.34. The molecule has 2 aromatic carbocycles. The first-order valence-corrected chi connectivity index (χ1v) is 5.77. The van der Waals surface area contributed by atoms with Gasteiger partial charge in [0.1, 0.15) is 11.6 Å². The van der Waals surface area contributed by atoms with Gasteiger partial charge in [-0.05, 0) is 49.2 Å². The third-order valence-corrected chi connectivity index (χ3v) is 3.04. The van der Waals surface area contributed by atoms with E-state index in [-0.39, 0.29) is 11.1 Å². The van der Waals surface area contributed by atoms with Crippen LogP contribution in [0.25, 0.3) is 0 Å². The van der Waals surface area contributed by atoms with E-state index >= 15 is 0 Å². The average molecular weight is 261 g/mol. The second-order valence-corrected chi connectivity index (χ2v) is 4.45. The van der Waals surface area contributed by atoms with Gasteiger partial charge in [-0.25, -0.2) is 8.78 Å². The van der Waals surface area contributed by atoms with Crippen LogP contribution >= 0.6 is 0 Å². The predicted molar refractivity (Wildman–Crippen MR) is 70.1 cm³/mol. The zero-order valence-corrected chi connectivity index (χ0v) is 10.6. The van der Waals surface area contributed by atoms with Gasteiger partial charge in [-0.15, -0.1) is 0 Å². The number of hydrogen-bond acceptors (Lipinski definition) is 2. The van der Waals surface area contributed by atoms with E-state index in [9.17, 15) is 13.6 Å². The molecular weight excluding hydrogens is 248 g/mol. The number of ketones is 1. The lowest BCUT2D eigenvalue weighted by atomic mass is 9.98. The Bertz CT molecular complexity index is 665. The quantitative estimate of drug-likeness (QED) is 0.665. The van der Waals surface area contributed by atoms with Crippen LogP contribution in [0.5, 0.6) is 0 Å². The molecule has 0 atom stereocenters. The van der Waals surface area contributed by atoms with E-state index in [2.05, 4.69) is 0 Å². The van der Waals surface area contributed by atoms with Gasteiger partial charge >= 0.3 is 0 Å². The highest BCUT2D eigenvalue weighted by Crippen LogP contribution is 2.22. The number of nitrogen functional groups attached to an aromatic ring is 1. The molecule has 0 spiro atoms. The fourth-order valence-electron chi connectivity index (χ4n) is 1.83. The molecule has 0 aliphatic rings. The molecule has 98 valence electrons. The van der Waals surface area contributed by atoms with Crippen LogP contribution in [0.15, 0.2) is 30.3 Å². The maximum absolute atomic E-state index is 13.9. The number of anilines is 1. The number of hydrogen-bond donors (Lipinski definition) is 1. The Morgan fingerprint density at radius 1 is 1.05 bits per heavy atom. The normalized spacial score (nSPS) is 10.5. The topological polar surface area (TPSA) is 43.1 Å². The first-order valence-electron chi connectivity index (χ1n) is 5.77. The van der Waals surface area contributed by atoms with Gasteiger partial charge < -0.3 is 5.73 Å². The van der Waals surface area contributed by atoms with Crippen molar-refractivity contribution in [2.24, 2.45) is 0 Å². The zero-order valence-electron chi connectivity index (χ0n) is 10.6. The zero-order chi connectivity index (χ0) is 14.2. The molecule has 0 heterocycles. The Labute approximate surface area is 109 Å². The molecular formula is C15H13F2NO. The summed E-state index contributed by atoms with van der Waals surface area (Å²) < 4.78 is 27.6. The highest BCUT2D eigenvalue weighted by molar-refractivity contribution is 6.09. The van der Waals surface area contributed by atoms with Gasteiger partial charge in [0.15, 0.2) is 5.78 Å². The number of halogens is 2. The first kappa shape index (κ1) is 13.2. The van der Waals surface area contributed by atoms with Crippen molar-refractivity contribution in [1.29, 1.82) is 0 Å². The maximum Gasteiger partial charge on any atom is 0.198 e. The van der Waals surface area contributed by atoms with Crippen LogP contribution in [0.4, 0.5) is 14.5 Å². The molecule has 4 heteroatoms. The van der Waals surface area contributed by atoms with E-state index in [1.807, 2.05) is 0 Å². The minimum absolute atomic E-state index is 0.218. The van der Waals surface area contributed by atoms with Crippen molar-refractivity contribution >= 4 is 11.5 Å². The van der Waals surface area contributed by atoms with Crippen LogP contribution in [0, 0.1) is 25.5 Å². The van der Waals surface area contributed by atoms with Gasteiger partial charge in [-0.2, -0.15) is 0 Å². The van der Waals surface area contributed by atoms with Crippen LogP contribution in [0.3, 0.4) is 0 Å². The van der Waals surface area contributed by atoms with Crippen LogP contribution in [0.2, 0.25) is 0 Å². The van der Waals surface area contributed by atoms with E-state index in [1.54, 1.807) is 13.0 Å². The number of nitrogens with two attached hydrogens (primary N) is 1. The van der Waals surface area contributed by atoms with E-state index in [4.69, 9.17) is 5.73 Å². The molecule has 0 aliphatic carbocycles. The first-order chi connectivity index (χ1) is 8.91. The molecule has 0 fully saturated rings. The monoisotopic (exact) mass is 261 g/mol. The largest absolute Gasteiger partial charge is 0.399 e. The molecule has 0 saturated heterocycles. The molecule has 0 aromatic heterocycles. The van der Waals surface area contributed by atoms with Crippen molar-refractivity contribution < 1.29 is 13.6 Å². The summed E-state index contributed by atoms with van der Waals surface area (Å²) in [7, 11) is 0. The standard InChI is InChI=1S/C15H13F2NO/c1-8-3-5-11(16)13(14(8)17)15(19)10-4-6-12(18)9(2)7-10/h3-7H,18H2,1-2H3. The fraction of sp³-hybridized carbons (Fsp3) is 0.133. The molecule has 0 aliphatic heterocycles. The Balaban J connectivity index is 2.56. The number of benzene rings is 2. The summed E-state index contributed by atoms with van der Waals surface area (Å²) in [6.45, 7) is 3.22. The number of carbonyl (C=O) groups is 1. The molecule has 2 nitrogen and oxygen atoms in total. The molecule has 0 bridgehead atoms. The maximum atomic E-state index is 13.9. The molecule has 0 amide bonds. The number of carbonyl (C=O) groups excluding carboxylic acids is 1. The van der Waals surface area contributed by atoms with Crippen LogP contribution in [-0.4, -0.2) is 5.78 Å². The van der Waals surface area contributed by atoms with Crippen molar-refractivity contribution in [3.8, 4) is 0 Å². The Hall–Kier alpha value is -2.23. The van der Waals surface area contributed by atoms with E-state index in [1.165, 1.54) is 25.1 Å². The van der Waals surface area contributed by atoms with Gasteiger partial charge in [-0.1, -0.05) is 6.07 Å². The Kier molecular flexibility index (Phi) is 3.34. The summed E-state index contributed by atoms with van der Waals surface area (Å²) in [5.41, 5.74) is 6.80. The minimum atomic E-state index is -0.859. The van der Waals surface area contributed by atoms with Crippen molar-refractivity contribution in [1.82, 2.24) is 0 Å². The summed E-state index contributed by atoms with van der Waals surface area (Å²) >= 11 is 0. The molecule has 0 unspecified atom stereocenters. The number of aryl methyl sites for hydroxylation is 2. The summed E-state index contributed by atoms with van der Waals surface area (Å²) in [4.78, 5) is 12.2. The fourth-order valence-corrected chi connectivity index (χ4v) is 1.83. The Morgan fingerprint density at radius 3 is 2.37 bits per heavy atom. The van der Waals surface area contributed by atoms with Gasteiger partial charge in [0.05, 0.1) is 5.56 Å². The van der Waals surface area contributed by atoms with Gasteiger partial charge in [0.25, 0.3) is 0 Å². The molecule has 2 rings (SSSR count). The van der Waals surface area contributed by atoms with E-state index in [0.29, 0.717) is 11.3 Å². The molecule has 0 saturated carbocycles. The highest BCUT2D eigenvalue weighted by atomic mass is 19.1. The Morgan fingerprint density at radius 2 is 1.74 bits per heavy atom. The minimum Gasteiger partial charge on any atom is -0.399 e. The lowest BCUT2D eigenvalue weighted by Gasteiger charge is -2.08. The van der Waals surface area contributed by atoms with E-state index < -0.39 is 23.0 Å². The van der Waals surface area contributed by atoms with Crippen molar-refractivity contribution in [3.05, 3.63) is 64.2 Å². The molecule has 19 heavy (non-hydrogen) atoms. The summed E-state index contributed by atoms with van der Waals surface area (Å²) in [5, 5.41) is 0. The van der Waals surface area contributed by atoms with Gasteiger partial charge in [0, 0.05) is 11.3 Å². The molecule has 2 N–H and O–H groups in total. The summed E-state index contributed by atoms with van der Waals surface area (Å²) in [6.07, 6.45) is 0. The smallest absolute Gasteiger partial charge is 0.198 e. The predicted octanol–water partition coefficient (Wildman–Crippen LogP) is 3.39. The second kappa shape index (κ2) is 4.80. The van der Waals surface area contributed by atoms with Crippen LogP contribution in [0.1, 0.15) is 27.0 Å². The third-order valence-electron chi connectivity index (χ3n) is 3.04. The second-order valence-electron chi connectivity index (χ2n) is 4.45. The lowest BCUT2D eigenvalue weighted by molar-refractivity contribution is 0.103. The molecule has 2 aromatic rings. The van der Waals surface area contributed by atoms with Gasteiger partial charge in [-0.3, -0.25) is 4.79 Å². The lowest BCUT2D eigenvalue weighted by Crippen LogP contribution is -2.09. The molecule has 0 radical (unpaired) electrons. The van der Waals surface area contributed by atoms with Crippen molar-refractivity contribution in [2.45, 2.75) is 13.8 Å². The average Bonchev–Trinajstić information content (AvgIpc) is 2.37. The highest BCUT2D eigenvalue weighted by Gasteiger charge is 2.20. The van der Waals surface area contributed by atoms with Crippen molar-refractivity contribution in [3.63, 3.8) is 0 Å². The van der Waals surface area contributed by atoms with Crippen LogP contribution in [-0.2, 0) is 0 Å². The summed E-state index contributed by atoms with van der Waals surface area (Å²) in [6, 6.07) is 6.93.